The first-order valence-corrected chi connectivity index (χ1v) is 6.64. The number of nitrogens with two attached hydrogens (primary N) is 1. The van der Waals surface area contributed by atoms with Gasteiger partial charge in [-0.05, 0) is 32.3 Å². The van der Waals surface area contributed by atoms with Gasteiger partial charge in [0, 0.05) is 36.4 Å². The lowest BCUT2D eigenvalue weighted by Crippen LogP contribution is -2.30. The van der Waals surface area contributed by atoms with Gasteiger partial charge in [-0.15, -0.1) is 0 Å². The van der Waals surface area contributed by atoms with Gasteiger partial charge in [-0.3, -0.25) is 0 Å². The molecule has 1 aromatic carbocycles. The summed E-state index contributed by atoms with van der Waals surface area (Å²) >= 11 is 0. The number of nitrogens with zero attached hydrogens (tertiary/aromatic N) is 1. The summed E-state index contributed by atoms with van der Waals surface area (Å²) in [5.41, 5.74) is 7.62. The van der Waals surface area contributed by atoms with Crippen LogP contribution in [0.2, 0.25) is 0 Å². The third-order valence-electron chi connectivity index (χ3n) is 3.39. The Kier molecular flexibility index (Phi) is 5.03. The molecule has 0 aliphatic carbocycles. The molecule has 0 aliphatic rings. The van der Waals surface area contributed by atoms with Crippen LogP contribution in [-0.4, -0.2) is 18.2 Å². The van der Waals surface area contributed by atoms with E-state index in [1.54, 1.807) is 6.07 Å². The summed E-state index contributed by atoms with van der Waals surface area (Å²) in [6.07, 6.45) is 1.13. The molecular formula is C15H26N2O. The van der Waals surface area contributed by atoms with E-state index in [0.29, 0.717) is 12.0 Å². The van der Waals surface area contributed by atoms with Crippen molar-refractivity contribution in [3.8, 4) is 5.75 Å². The lowest BCUT2D eigenvalue weighted by Gasteiger charge is -2.29. The van der Waals surface area contributed by atoms with Crippen LogP contribution in [0.1, 0.15) is 45.7 Å². The van der Waals surface area contributed by atoms with Crippen LogP contribution in [0, 0.1) is 5.92 Å². The van der Waals surface area contributed by atoms with Gasteiger partial charge in [0.15, 0.2) is 0 Å². The first-order valence-electron chi connectivity index (χ1n) is 6.64. The SMILES string of the molecule is CC(C)CC(C)N(C)c1ccc(C(C)N)c(O)c1. The normalized spacial score (nSPS) is 14.6. The van der Waals surface area contributed by atoms with E-state index in [0.717, 1.165) is 17.7 Å². The van der Waals surface area contributed by atoms with Crippen LogP contribution in [0.5, 0.6) is 5.75 Å². The predicted molar refractivity (Wildman–Crippen MR) is 78.0 cm³/mol. The highest BCUT2D eigenvalue weighted by Crippen LogP contribution is 2.29. The fraction of sp³-hybridized carbons (Fsp3) is 0.600. The maximum atomic E-state index is 9.97. The Bertz CT molecular complexity index is 388. The maximum absolute atomic E-state index is 9.97. The van der Waals surface area contributed by atoms with Crippen LogP contribution in [0.3, 0.4) is 0 Å². The largest absolute Gasteiger partial charge is 0.508 e. The molecule has 1 rings (SSSR count). The van der Waals surface area contributed by atoms with Crippen LogP contribution < -0.4 is 10.6 Å². The van der Waals surface area contributed by atoms with Crippen LogP contribution in [-0.2, 0) is 0 Å². The molecule has 18 heavy (non-hydrogen) atoms. The highest BCUT2D eigenvalue weighted by molar-refractivity contribution is 5.54. The second kappa shape index (κ2) is 6.10. The lowest BCUT2D eigenvalue weighted by molar-refractivity contribution is 0.462. The first-order chi connectivity index (χ1) is 8.32. The van der Waals surface area contributed by atoms with Crippen LogP contribution >= 0.6 is 0 Å². The number of phenolic OH excluding ortho intramolecular Hbond substituents is 1. The van der Waals surface area contributed by atoms with Gasteiger partial charge in [-0.1, -0.05) is 19.9 Å². The Balaban J connectivity index is 2.87. The quantitative estimate of drug-likeness (QED) is 0.843. The van der Waals surface area contributed by atoms with Crippen molar-refractivity contribution >= 4 is 5.69 Å². The Morgan fingerprint density at radius 2 is 1.83 bits per heavy atom. The van der Waals surface area contributed by atoms with Gasteiger partial charge in [0.25, 0.3) is 0 Å². The molecule has 0 saturated carbocycles. The standard InChI is InChI=1S/C15H26N2O/c1-10(2)8-11(3)17(5)13-6-7-14(12(4)16)15(18)9-13/h6-7,9-12,18H,8,16H2,1-5H3. The fourth-order valence-corrected chi connectivity index (χ4v) is 2.23. The van der Waals surface area contributed by atoms with E-state index < -0.39 is 0 Å². The first kappa shape index (κ1) is 14.8. The summed E-state index contributed by atoms with van der Waals surface area (Å²) in [5, 5.41) is 9.97. The van der Waals surface area contributed by atoms with E-state index in [9.17, 15) is 5.11 Å². The summed E-state index contributed by atoms with van der Waals surface area (Å²) < 4.78 is 0. The number of phenols is 1. The molecule has 102 valence electrons. The second-order valence-electron chi connectivity index (χ2n) is 5.62. The number of hydrogen-bond donors (Lipinski definition) is 2. The molecule has 0 radical (unpaired) electrons. The van der Waals surface area contributed by atoms with Crippen LogP contribution in [0.4, 0.5) is 5.69 Å². The van der Waals surface area contributed by atoms with Crippen LogP contribution in [0.25, 0.3) is 0 Å². The van der Waals surface area contributed by atoms with E-state index in [1.165, 1.54) is 0 Å². The van der Waals surface area contributed by atoms with E-state index >= 15 is 0 Å². The molecule has 3 nitrogen and oxygen atoms in total. The molecule has 0 saturated heterocycles. The summed E-state index contributed by atoms with van der Waals surface area (Å²) in [6.45, 7) is 8.53. The van der Waals surface area contributed by atoms with Crippen molar-refractivity contribution in [2.75, 3.05) is 11.9 Å². The number of anilines is 1. The van der Waals surface area contributed by atoms with Crippen molar-refractivity contribution in [3.63, 3.8) is 0 Å². The fourth-order valence-electron chi connectivity index (χ4n) is 2.23. The van der Waals surface area contributed by atoms with Crippen LogP contribution in [0.15, 0.2) is 18.2 Å². The molecular weight excluding hydrogens is 224 g/mol. The van der Waals surface area contributed by atoms with Crippen molar-refractivity contribution in [2.45, 2.75) is 46.2 Å². The molecule has 0 fully saturated rings. The monoisotopic (exact) mass is 250 g/mol. The van der Waals surface area contributed by atoms with Gasteiger partial charge in [0.05, 0.1) is 0 Å². The molecule has 0 bridgehead atoms. The van der Waals surface area contributed by atoms with Crippen molar-refractivity contribution < 1.29 is 5.11 Å². The highest BCUT2D eigenvalue weighted by atomic mass is 16.3. The smallest absolute Gasteiger partial charge is 0.122 e. The van der Waals surface area contributed by atoms with E-state index in [1.807, 2.05) is 19.1 Å². The van der Waals surface area contributed by atoms with Gasteiger partial charge in [-0.2, -0.15) is 0 Å². The van der Waals surface area contributed by atoms with Gasteiger partial charge >= 0.3 is 0 Å². The highest BCUT2D eigenvalue weighted by Gasteiger charge is 2.14. The van der Waals surface area contributed by atoms with Crippen molar-refractivity contribution in [3.05, 3.63) is 23.8 Å². The maximum Gasteiger partial charge on any atom is 0.122 e. The molecule has 0 amide bonds. The zero-order chi connectivity index (χ0) is 13.9. The minimum atomic E-state index is -0.141. The summed E-state index contributed by atoms with van der Waals surface area (Å²) in [4.78, 5) is 2.20. The molecule has 1 aromatic rings. The number of hydrogen-bond acceptors (Lipinski definition) is 3. The Morgan fingerprint density at radius 3 is 2.28 bits per heavy atom. The predicted octanol–water partition coefficient (Wildman–Crippen LogP) is 3.28. The zero-order valence-electron chi connectivity index (χ0n) is 12.1. The van der Waals surface area contributed by atoms with E-state index in [2.05, 4.69) is 32.7 Å². The number of benzene rings is 1. The third-order valence-corrected chi connectivity index (χ3v) is 3.39. The average Bonchev–Trinajstić information content (AvgIpc) is 2.26. The number of rotatable bonds is 5. The Hall–Kier alpha value is -1.22. The second-order valence-corrected chi connectivity index (χ2v) is 5.62. The number of aromatic hydroxyl groups is 1. The third kappa shape index (κ3) is 3.64. The topological polar surface area (TPSA) is 49.5 Å². The van der Waals surface area contributed by atoms with Crippen molar-refractivity contribution in [1.29, 1.82) is 0 Å². The molecule has 0 spiro atoms. The van der Waals surface area contributed by atoms with Gasteiger partial charge < -0.3 is 15.7 Å². The summed E-state index contributed by atoms with van der Waals surface area (Å²) in [7, 11) is 2.06. The van der Waals surface area contributed by atoms with Crippen molar-refractivity contribution in [1.82, 2.24) is 0 Å². The van der Waals surface area contributed by atoms with Gasteiger partial charge in [0.2, 0.25) is 0 Å². The summed E-state index contributed by atoms with van der Waals surface area (Å²) in [6, 6.07) is 6.04. The van der Waals surface area contributed by atoms with Gasteiger partial charge in [-0.25, -0.2) is 0 Å². The Labute approximate surface area is 111 Å². The zero-order valence-corrected chi connectivity index (χ0v) is 12.1. The molecule has 0 aromatic heterocycles. The average molecular weight is 250 g/mol. The summed E-state index contributed by atoms with van der Waals surface area (Å²) in [5.74, 6) is 0.950. The van der Waals surface area contributed by atoms with E-state index in [4.69, 9.17) is 5.73 Å². The lowest BCUT2D eigenvalue weighted by atomic mass is 10.0. The minimum Gasteiger partial charge on any atom is -0.508 e. The molecule has 3 N–H and O–H groups in total. The Morgan fingerprint density at radius 1 is 1.22 bits per heavy atom. The molecule has 0 aliphatic heterocycles. The van der Waals surface area contributed by atoms with Crippen molar-refractivity contribution in [2.24, 2.45) is 11.7 Å². The molecule has 2 unspecified atom stereocenters. The van der Waals surface area contributed by atoms with E-state index in [-0.39, 0.29) is 11.8 Å². The molecule has 0 heterocycles. The minimum absolute atomic E-state index is 0.141. The molecule has 2 atom stereocenters. The molecule has 3 heteroatoms. The van der Waals surface area contributed by atoms with Gasteiger partial charge in [0.1, 0.15) is 5.75 Å².